The summed E-state index contributed by atoms with van der Waals surface area (Å²) < 4.78 is 49.1. The molecule has 1 amide bonds. The SMILES string of the molecule is Cn1cc(C(=O)N2CC(C)(C)C2Cn2cc(COc3ccc(C(C)(C)C)cc3)nn2)c(=O)c(-c2cccc(C(F)(F)F)c2)c1. The molecule has 0 bridgehead atoms. The van der Waals surface area contributed by atoms with Crippen molar-refractivity contribution in [3.8, 4) is 16.9 Å². The Morgan fingerprint density at radius 2 is 1.73 bits per heavy atom. The van der Waals surface area contributed by atoms with Gasteiger partial charge >= 0.3 is 6.18 Å². The van der Waals surface area contributed by atoms with E-state index in [-0.39, 0.29) is 40.2 Å². The van der Waals surface area contributed by atoms with Crippen molar-refractivity contribution in [3.63, 3.8) is 0 Å². The average molecular weight is 608 g/mol. The van der Waals surface area contributed by atoms with Crippen molar-refractivity contribution in [3.05, 3.63) is 99.7 Å². The summed E-state index contributed by atoms with van der Waals surface area (Å²) in [5.74, 6) is 0.240. The zero-order valence-corrected chi connectivity index (χ0v) is 25.6. The van der Waals surface area contributed by atoms with Gasteiger partial charge in [-0.2, -0.15) is 13.2 Å². The van der Waals surface area contributed by atoms with E-state index in [0.717, 1.165) is 17.9 Å². The van der Waals surface area contributed by atoms with Gasteiger partial charge in [0.05, 0.1) is 24.3 Å². The molecule has 1 unspecified atom stereocenters. The van der Waals surface area contributed by atoms with Crippen LogP contribution in [-0.2, 0) is 31.8 Å². The second-order valence-electron chi connectivity index (χ2n) is 13.1. The summed E-state index contributed by atoms with van der Waals surface area (Å²) in [4.78, 5) is 28.8. The number of pyridine rings is 1. The zero-order chi connectivity index (χ0) is 32.0. The third-order valence-corrected chi connectivity index (χ3v) is 8.06. The number of carbonyl (C=O) groups is 1. The highest BCUT2D eigenvalue weighted by Gasteiger charge is 2.49. The Labute approximate surface area is 254 Å². The van der Waals surface area contributed by atoms with E-state index in [1.165, 1.54) is 34.7 Å². The smallest absolute Gasteiger partial charge is 0.416 e. The van der Waals surface area contributed by atoms with Crippen LogP contribution in [0.15, 0.2) is 71.9 Å². The molecule has 44 heavy (non-hydrogen) atoms. The molecule has 11 heteroatoms. The molecule has 0 aliphatic carbocycles. The molecule has 232 valence electrons. The maximum absolute atomic E-state index is 13.7. The van der Waals surface area contributed by atoms with Crippen LogP contribution >= 0.6 is 0 Å². The van der Waals surface area contributed by atoms with Gasteiger partial charge in [0.1, 0.15) is 23.6 Å². The van der Waals surface area contributed by atoms with Crippen molar-refractivity contribution in [2.75, 3.05) is 6.54 Å². The van der Waals surface area contributed by atoms with Crippen LogP contribution in [0.1, 0.15) is 61.8 Å². The summed E-state index contributed by atoms with van der Waals surface area (Å²) >= 11 is 0. The maximum atomic E-state index is 13.7. The third kappa shape index (κ3) is 6.41. The number of carbonyl (C=O) groups excluding carboxylic acids is 1. The molecule has 1 aliphatic heterocycles. The molecular weight excluding hydrogens is 571 g/mol. The Morgan fingerprint density at radius 1 is 1.02 bits per heavy atom. The number of alkyl halides is 3. The number of amides is 1. The van der Waals surface area contributed by atoms with E-state index < -0.39 is 23.1 Å². The minimum atomic E-state index is -4.56. The maximum Gasteiger partial charge on any atom is 0.416 e. The summed E-state index contributed by atoms with van der Waals surface area (Å²) in [7, 11) is 1.63. The molecule has 1 saturated heterocycles. The number of likely N-dealkylation sites (tertiary alicyclic amines) is 1. The molecule has 0 radical (unpaired) electrons. The molecule has 1 fully saturated rings. The van der Waals surface area contributed by atoms with Gasteiger partial charge in [0, 0.05) is 37.0 Å². The lowest BCUT2D eigenvalue weighted by Crippen LogP contribution is -2.65. The fourth-order valence-electron chi connectivity index (χ4n) is 5.49. The lowest BCUT2D eigenvalue weighted by atomic mass is 9.74. The summed E-state index contributed by atoms with van der Waals surface area (Å²) in [6, 6.07) is 12.2. The first-order valence-electron chi connectivity index (χ1n) is 14.3. The van der Waals surface area contributed by atoms with E-state index in [4.69, 9.17) is 4.74 Å². The molecule has 1 aliphatic rings. The highest BCUT2D eigenvalue weighted by atomic mass is 19.4. The number of hydrogen-bond donors (Lipinski definition) is 0. The fourth-order valence-corrected chi connectivity index (χ4v) is 5.49. The van der Waals surface area contributed by atoms with Crippen molar-refractivity contribution in [2.24, 2.45) is 12.5 Å². The second-order valence-corrected chi connectivity index (χ2v) is 13.1. The lowest BCUT2D eigenvalue weighted by molar-refractivity contribution is -0.137. The van der Waals surface area contributed by atoms with Gasteiger partial charge in [0.15, 0.2) is 0 Å². The number of nitrogens with zero attached hydrogens (tertiary/aromatic N) is 5. The first kappa shape index (κ1) is 31.0. The molecule has 4 aromatic rings. The van der Waals surface area contributed by atoms with Crippen molar-refractivity contribution in [1.82, 2.24) is 24.5 Å². The van der Waals surface area contributed by atoms with E-state index in [9.17, 15) is 22.8 Å². The normalized spacial score (nSPS) is 16.5. The van der Waals surface area contributed by atoms with Crippen LogP contribution in [0.3, 0.4) is 0 Å². The van der Waals surface area contributed by atoms with E-state index in [2.05, 4.69) is 31.1 Å². The highest BCUT2D eigenvalue weighted by Crippen LogP contribution is 2.39. The second kappa shape index (κ2) is 11.3. The molecule has 1 atom stereocenters. The Hall–Kier alpha value is -4.41. The number of halogens is 3. The van der Waals surface area contributed by atoms with Crippen LogP contribution in [0, 0.1) is 5.41 Å². The summed E-state index contributed by atoms with van der Waals surface area (Å²) in [5.41, 5.74) is 0.142. The van der Waals surface area contributed by atoms with Gasteiger partial charge in [-0.05, 0) is 40.8 Å². The van der Waals surface area contributed by atoms with Crippen molar-refractivity contribution < 1.29 is 22.7 Å². The van der Waals surface area contributed by atoms with Gasteiger partial charge in [-0.1, -0.05) is 64.1 Å². The van der Waals surface area contributed by atoms with Crippen molar-refractivity contribution in [2.45, 2.75) is 65.4 Å². The number of ether oxygens (including phenoxy) is 1. The average Bonchev–Trinajstić information content (AvgIpc) is 3.41. The monoisotopic (exact) mass is 607 g/mol. The summed E-state index contributed by atoms with van der Waals surface area (Å²) in [5, 5.41) is 8.45. The van der Waals surface area contributed by atoms with Crippen LogP contribution in [0.4, 0.5) is 13.2 Å². The molecule has 2 aromatic carbocycles. The molecule has 2 aromatic heterocycles. The third-order valence-electron chi connectivity index (χ3n) is 8.06. The summed E-state index contributed by atoms with van der Waals surface area (Å²) in [6.07, 6.45) is 0.0667. The van der Waals surface area contributed by atoms with Gasteiger partial charge in [-0.3, -0.25) is 14.3 Å². The van der Waals surface area contributed by atoms with Crippen molar-refractivity contribution in [1.29, 1.82) is 0 Å². The first-order chi connectivity index (χ1) is 20.5. The minimum absolute atomic E-state index is 0.0229. The number of benzene rings is 2. The standard InChI is InChI=1S/C33H36F3N5O3/c1-31(2,3)22-10-12-25(13-11-22)44-19-24-15-40(38-37-24)18-28-32(4,5)20-41(28)30(43)27-17-39(6)16-26(29(27)42)21-8-7-9-23(14-21)33(34,35)36/h7-17,28H,18-20H2,1-6H3. The van der Waals surface area contributed by atoms with E-state index >= 15 is 0 Å². The number of rotatable bonds is 7. The zero-order valence-electron chi connectivity index (χ0n) is 25.6. The Balaban J connectivity index is 1.31. The molecule has 0 spiro atoms. The molecule has 5 rings (SSSR count). The number of aryl methyl sites for hydroxylation is 1. The van der Waals surface area contributed by atoms with Crippen LogP contribution in [0.5, 0.6) is 5.75 Å². The van der Waals surface area contributed by atoms with Crippen LogP contribution in [0.2, 0.25) is 0 Å². The first-order valence-corrected chi connectivity index (χ1v) is 14.3. The highest BCUT2D eigenvalue weighted by molar-refractivity contribution is 5.96. The van der Waals surface area contributed by atoms with Gasteiger partial charge in [-0.15, -0.1) is 5.10 Å². The molecule has 0 saturated carbocycles. The fraction of sp³-hybridized carbons (Fsp3) is 0.394. The van der Waals surface area contributed by atoms with E-state index in [1.54, 1.807) is 22.8 Å². The quantitative estimate of drug-likeness (QED) is 0.254. The van der Waals surface area contributed by atoms with Gasteiger partial charge < -0.3 is 14.2 Å². The number of aromatic nitrogens is 4. The molecule has 0 N–H and O–H groups in total. The number of hydrogen-bond acceptors (Lipinski definition) is 5. The molecule has 3 heterocycles. The lowest BCUT2D eigenvalue weighted by Gasteiger charge is -2.54. The van der Waals surface area contributed by atoms with E-state index in [1.807, 2.05) is 38.1 Å². The predicted octanol–water partition coefficient (Wildman–Crippen LogP) is 6.09. The van der Waals surface area contributed by atoms with Gasteiger partial charge in [0.2, 0.25) is 5.43 Å². The Kier molecular flexibility index (Phi) is 7.94. The van der Waals surface area contributed by atoms with Crippen LogP contribution in [0.25, 0.3) is 11.1 Å². The largest absolute Gasteiger partial charge is 0.487 e. The van der Waals surface area contributed by atoms with Crippen LogP contribution in [-0.4, -0.2) is 43.0 Å². The van der Waals surface area contributed by atoms with Gasteiger partial charge in [-0.25, -0.2) is 0 Å². The van der Waals surface area contributed by atoms with Gasteiger partial charge in [0.25, 0.3) is 5.91 Å². The van der Waals surface area contributed by atoms with Crippen molar-refractivity contribution >= 4 is 5.91 Å². The van der Waals surface area contributed by atoms with Crippen LogP contribution < -0.4 is 10.2 Å². The summed E-state index contributed by atoms with van der Waals surface area (Å²) in [6.45, 7) is 11.5. The Morgan fingerprint density at radius 3 is 2.36 bits per heavy atom. The topological polar surface area (TPSA) is 82.2 Å². The molecule has 8 nitrogen and oxygen atoms in total. The predicted molar refractivity (Wildman–Crippen MR) is 160 cm³/mol. The molecular formula is C33H36F3N5O3. The minimum Gasteiger partial charge on any atom is -0.487 e. The Bertz CT molecular complexity index is 1730. The van der Waals surface area contributed by atoms with E-state index in [0.29, 0.717) is 18.8 Å².